The Bertz CT molecular complexity index is 360. The number of fused-ring (bicyclic) bond motifs is 1. The lowest BCUT2D eigenvalue weighted by atomic mass is 10.0. The van der Waals surface area contributed by atoms with Crippen molar-refractivity contribution in [3.05, 3.63) is 22.8 Å². The molecule has 1 aromatic rings. The fourth-order valence-electron chi connectivity index (χ4n) is 2.46. The van der Waals surface area contributed by atoms with E-state index in [1.165, 1.54) is 36.2 Å². The van der Waals surface area contributed by atoms with E-state index in [2.05, 4.69) is 9.97 Å². The summed E-state index contributed by atoms with van der Waals surface area (Å²) in [5.74, 6) is 0.924. The molecule has 1 aromatic heterocycles. The summed E-state index contributed by atoms with van der Waals surface area (Å²) in [5, 5.41) is 0. The number of aromatic nitrogens is 2. The standard InChI is InChI=1S/C13H21N3/c1-10-15-12-7-4-2-3-6-11(12)13(16-10)8-5-9-14/h2-9,14H2,1H3. The van der Waals surface area contributed by atoms with Crippen LogP contribution >= 0.6 is 0 Å². The van der Waals surface area contributed by atoms with Crippen molar-refractivity contribution in [2.24, 2.45) is 5.73 Å². The van der Waals surface area contributed by atoms with Crippen molar-refractivity contribution < 1.29 is 0 Å². The van der Waals surface area contributed by atoms with Gasteiger partial charge in [0.25, 0.3) is 0 Å². The van der Waals surface area contributed by atoms with E-state index in [0.29, 0.717) is 0 Å². The maximum atomic E-state index is 5.58. The van der Waals surface area contributed by atoms with Gasteiger partial charge in [-0.25, -0.2) is 9.97 Å². The summed E-state index contributed by atoms with van der Waals surface area (Å²) in [6, 6.07) is 0. The van der Waals surface area contributed by atoms with Crippen molar-refractivity contribution in [3.8, 4) is 0 Å². The van der Waals surface area contributed by atoms with Gasteiger partial charge in [-0.3, -0.25) is 0 Å². The van der Waals surface area contributed by atoms with E-state index in [1.807, 2.05) is 6.92 Å². The summed E-state index contributed by atoms with van der Waals surface area (Å²) < 4.78 is 0. The lowest BCUT2D eigenvalue weighted by molar-refractivity contribution is 0.706. The van der Waals surface area contributed by atoms with Gasteiger partial charge in [0, 0.05) is 11.4 Å². The van der Waals surface area contributed by atoms with Gasteiger partial charge in [-0.05, 0) is 57.6 Å². The topological polar surface area (TPSA) is 51.8 Å². The Morgan fingerprint density at radius 3 is 2.75 bits per heavy atom. The fourth-order valence-corrected chi connectivity index (χ4v) is 2.46. The Hall–Kier alpha value is -0.960. The highest BCUT2D eigenvalue weighted by Crippen LogP contribution is 2.22. The summed E-state index contributed by atoms with van der Waals surface area (Å²) in [5.41, 5.74) is 9.57. The van der Waals surface area contributed by atoms with E-state index < -0.39 is 0 Å². The second-order valence-corrected chi connectivity index (χ2v) is 4.60. The Morgan fingerprint density at radius 2 is 1.94 bits per heavy atom. The lowest BCUT2D eigenvalue weighted by Gasteiger charge is -2.11. The first-order chi connectivity index (χ1) is 7.81. The van der Waals surface area contributed by atoms with Crippen molar-refractivity contribution >= 4 is 0 Å². The molecule has 0 bridgehead atoms. The molecule has 1 aliphatic carbocycles. The molecule has 3 heteroatoms. The van der Waals surface area contributed by atoms with E-state index in [9.17, 15) is 0 Å². The highest BCUT2D eigenvalue weighted by molar-refractivity contribution is 5.27. The molecule has 88 valence electrons. The lowest BCUT2D eigenvalue weighted by Crippen LogP contribution is -2.09. The highest BCUT2D eigenvalue weighted by Gasteiger charge is 2.14. The van der Waals surface area contributed by atoms with Crippen molar-refractivity contribution in [1.82, 2.24) is 9.97 Å². The quantitative estimate of drug-likeness (QED) is 0.790. The second kappa shape index (κ2) is 5.39. The van der Waals surface area contributed by atoms with Crippen LogP contribution in [0.3, 0.4) is 0 Å². The first-order valence-corrected chi connectivity index (χ1v) is 6.36. The summed E-state index contributed by atoms with van der Waals surface area (Å²) in [6.45, 7) is 2.74. The smallest absolute Gasteiger partial charge is 0.125 e. The van der Waals surface area contributed by atoms with Crippen molar-refractivity contribution in [2.45, 2.75) is 51.9 Å². The Kier molecular flexibility index (Phi) is 3.88. The molecule has 2 N–H and O–H groups in total. The molecule has 2 rings (SSSR count). The molecule has 0 aromatic carbocycles. The van der Waals surface area contributed by atoms with Gasteiger partial charge in [0.2, 0.25) is 0 Å². The molecule has 0 atom stereocenters. The summed E-state index contributed by atoms with van der Waals surface area (Å²) in [4.78, 5) is 9.20. The molecule has 16 heavy (non-hydrogen) atoms. The van der Waals surface area contributed by atoms with Crippen molar-refractivity contribution in [3.63, 3.8) is 0 Å². The number of nitrogens with zero attached hydrogens (tertiary/aromatic N) is 2. The maximum absolute atomic E-state index is 5.58. The highest BCUT2D eigenvalue weighted by atomic mass is 14.9. The van der Waals surface area contributed by atoms with Gasteiger partial charge in [0.1, 0.15) is 5.82 Å². The van der Waals surface area contributed by atoms with Crippen LogP contribution < -0.4 is 5.73 Å². The summed E-state index contributed by atoms with van der Waals surface area (Å²) >= 11 is 0. The van der Waals surface area contributed by atoms with E-state index in [0.717, 1.165) is 38.1 Å². The third-order valence-corrected chi connectivity index (χ3v) is 3.25. The molecular weight excluding hydrogens is 198 g/mol. The van der Waals surface area contributed by atoms with Gasteiger partial charge in [0.15, 0.2) is 0 Å². The van der Waals surface area contributed by atoms with Gasteiger partial charge in [-0.15, -0.1) is 0 Å². The molecule has 0 aliphatic heterocycles. The van der Waals surface area contributed by atoms with E-state index in [-0.39, 0.29) is 0 Å². The van der Waals surface area contributed by atoms with Crippen molar-refractivity contribution in [2.75, 3.05) is 6.54 Å². The molecule has 0 spiro atoms. The molecule has 0 saturated heterocycles. The van der Waals surface area contributed by atoms with Crippen LogP contribution in [0.25, 0.3) is 0 Å². The van der Waals surface area contributed by atoms with Crippen LogP contribution in [0.15, 0.2) is 0 Å². The van der Waals surface area contributed by atoms with Crippen LogP contribution in [0.4, 0.5) is 0 Å². The summed E-state index contributed by atoms with van der Waals surface area (Å²) in [7, 11) is 0. The largest absolute Gasteiger partial charge is 0.330 e. The molecule has 1 heterocycles. The van der Waals surface area contributed by atoms with E-state index >= 15 is 0 Å². The van der Waals surface area contributed by atoms with Crippen LogP contribution in [-0.4, -0.2) is 16.5 Å². The number of nitrogens with two attached hydrogens (primary N) is 1. The summed E-state index contributed by atoms with van der Waals surface area (Å²) in [6.07, 6.45) is 8.23. The third kappa shape index (κ3) is 2.59. The SMILES string of the molecule is Cc1nc(CCCN)c2c(n1)CCCCC2. The molecular formula is C13H21N3. The molecule has 3 nitrogen and oxygen atoms in total. The van der Waals surface area contributed by atoms with Crippen LogP contribution in [0, 0.1) is 6.92 Å². The Morgan fingerprint density at radius 1 is 1.12 bits per heavy atom. The zero-order valence-electron chi connectivity index (χ0n) is 10.1. The second-order valence-electron chi connectivity index (χ2n) is 4.60. The predicted molar refractivity (Wildman–Crippen MR) is 65.4 cm³/mol. The first kappa shape index (κ1) is 11.5. The molecule has 0 amide bonds. The van der Waals surface area contributed by atoms with Crippen molar-refractivity contribution in [1.29, 1.82) is 0 Å². The first-order valence-electron chi connectivity index (χ1n) is 6.36. The van der Waals surface area contributed by atoms with Gasteiger partial charge < -0.3 is 5.73 Å². The number of aryl methyl sites for hydroxylation is 3. The number of hydrogen-bond donors (Lipinski definition) is 1. The van der Waals surface area contributed by atoms with Crippen LogP contribution in [0.5, 0.6) is 0 Å². The van der Waals surface area contributed by atoms with Crippen LogP contribution in [0.1, 0.15) is 48.5 Å². The minimum Gasteiger partial charge on any atom is -0.330 e. The monoisotopic (exact) mass is 219 g/mol. The molecule has 1 aliphatic rings. The van der Waals surface area contributed by atoms with Crippen LogP contribution in [0.2, 0.25) is 0 Å². The van der Waals surface area contributed by atoms with E-state index in [4.69, 9.17) is 5.73 Å². The molecule has 0 unspecified atom stereocenters. The predicted octanol–water partition coefficient (Wildman–Crippen LogP) is 1.95. The molecule has 0 fully saturated rings. The van der Waals surface area contributed by atoms with E-state index in [1.54, 1.807) is 0 Å². The average molecular weight is 219 g/mol. The zero-order chi connectivity index (χ0) is 11.4. The Labute approximate surface area is 97.5 Å². The molecule has 0 radical (unpaired) electrons. The number of hydrogen-bond acceptors (Lipinski definition) is 3. The zero-order valence-corrected chi connectivity index (χ0v) is 10.1. The Balaban J connectivity index is 2.31. The van der Waals surface area contributed by atoms with Gasteiger partial charge in [0.05, 0.1) is 0 Å². The van der Waals surface area contributed by atoms with Gasteiger partial charge >= 0.3 is 0 Å². The average Bonchev–Trinajstić information content (AvgIpc) is 2.50. The maximum Gasteiger partial charge on any atom is 0.125 e. The normalized spacial score (nSPS) is 15.6. The minimum atomic E-state index is 0.748. The molecule has 0 saturated carbocycles. The van der Waals surface area contributed by atoms with Crippen LogP contribution in [-0.2, 0) is 19.3 Å². The third-order valence-electron chi connectivity index (χ3n) is 3.25. The van der Waals surface area contributed by atoms with Gasteiger partial charge in [-0.1, -0.05) is 6.42 Å². The fraction of sp³-hybridized carbons (Fsp3) is 0.692. The minimum absolute atomic E-state index is 0.748. The number of rotatable bonds is 3. The van der Waals surface area contributed by atoms with Gasteiger partial charge in [-0.2, -0.15) is 0 Å².